The fourth-order valence-corrected chi connectivity index (χ4v) is 2.46. The first-order valence-corrected chi connectivity index (χ1v) is 8.25. The standard InChI is InChI=1S/C17H20F5N3O2/c1-27-15(26)6-2-4-12-7-9-13(10-8-12)14(24-25-23)5-3-11-16(18,19)17(20,21)22/h7-10,14H,2-6,11H2,1H3. The van der Waals surface area contributed by atoms with Crippen molar-refractivity contribution in [3.63, 3.8) is 0 Å². The minimum atomic E-state index is -5.59. The summed E-state index contributed by atoms with van der Waals surface area (Å²) >= 11 is 0. The predicted octanol–water partition coefficient (Wildman–Crippen LogP) is 5.90. The van der Waals surface area contributed by atoms with Crippen molar-refractivity contribution in [1.82, 2.24) is 0 Å². The molecule has 0 heterocycles. The van der Waals surface area contributed by atoms with E-state index >= 15 is 0 Å². The molecule has 5 nitrogen and oxygen atoms in total. The maximum Gasteiger partial charge on any atom is 0.453 e. The first-order valence-electron chi connectivity index (χ1n) is 8.25. The van der Waals surface area contributed by atoms with Gasteiger partial charge in [-0.3, -0.25) is 4.79 Å². The Morgan fingerprint density at radius 1 is 1.19 bits per heavy atom. The van der Waals surface area contributed by atoms with Crippen LogP contribution in [0.3, 0.4) is 0 Å². The first-order chi connectivity index (χ1) is 12.6. The van der Waals surface area contributed by atoms with Crippen molar-refractivity contribution in [3.8, 4) is 0 Å². The molecule has 0 amide bonds. The maximum atomic E-state index is 13.0. The normalized spacial score (nSPS) is 13.0. The fraction of sp³-hybridized carbons (Fsp3) is 0.588. The average Bonchev–Trinajstić information content (AvgIpc) is 2.60. The quantitative estimate of drug-likeness (QED) is 0.163. The van der Waals surface area contributed by atoms with Crippen LogP contribution in [0.1, 0.15) is 49.3 Å². The van der Waals surface area contributed by atoms with E-state index in [1.165, 1.54) is 7.11 Å². The van der Waals surface area contributed by atoms with Gasteiger partial charge in [-0.15, -0.1) is 0 Å². The highest BCUT2D eigenvalue weighted by Gasteiger charge is 2.56. The third-order valence-corrected chi connectivity index (χ3v) is 4.01. The number of halogens is 5. The minimum absolute atomic E-state index is 0.128. The Balaban J connectivity index is 2.64. The lowest BCUT2D eigenvalue weighted by Crippen LogP contribution is -2.36. The van der Waals surface area contributed by atoms with Gasteiger partial charge >= 0.3 is 18.1 Å². The first kappa shape index (κ1) is 22.7. The number of carbonyl (C=O) groups excluding carboxylic acids is 1. The largest absolute Gasteiger partial charge is 0.469 e. The molecule has 10 heteroatoms. The Kier molecular flexibility index (Phi) is 8.49. The smallest absolute Gasteiger partial charge is 0.453 e. The van der Waals surface area contributed by atoms with Gasteiger partial charge in [0.15, 0.2) is 0 Å². The second kappa shape index (κ2) is 10.1. The van der Waals surface area contributed by atoms with E-state index in [1.54, 1.807) is 24.3 Å². The second-order valence-corrected chi connectivity index (χ2v) is 5.99. The maximum absolute atomic E-state index is 13.0. The molecule has 27 heavy (non-hydrogen) atoms. The minimum Gasteiger partial charge on any atom is -0.469 e. The summed E-state index contributed by atoms with van der Waals surface area (Å²) < 4.78 is 67.0. The molecule has 0 radical (unpaired) electrons. The van der Waals surface area contributed by atoms with Gasteiger partial charge in [0.05, 0.1) is 13.2 Å². The number of alkyl halides is 5. The molecule has 0 aromatic heterocycles. The fourth-order valence-electron chi connectivity index (χ4n) is 2.46. The topological polar surface area (TPSA) is 75.1 Å². The van der Waals surface area contributed by atoms with Crippen molar-refractivity contribution >= 4 is 5.97 Å². The summed E-state index contributed by atoms with van der Waals surface area (Å²) in [6, 6.07) is 5.90. The van der Waals surface area contributed by atoms with E-state index in [-0.39, 0.29) is 18.8 Å². The van der Waals surface area contributed by atoms with Crippen molar-refractivity contribution in [2.45, 2.75) is 56.7 Å². The third-order valence-electron chi connectivity index (χ3n) is 4.01. The Hall–Kier alpha value is -2.35. The van der Waals surface area contributed by atoms with Gasteiger partial charge in [-0.1, -0.05) is 29.4 Å². The molecule has 0 aliphatic rings. The summed E-state index contributed by atoms with van der Waals surface area (Å²) in [4.78, 5) is 13.7. The Morgan fingerprint density at radius 2 is 1.81 bits per heavy atom. The van der Waals surface area contributed by atoms with Gasteiger partial charge in [0.2, 0.25) is 0 Å². The molecule has 1 atom stereocenters. The highest BCUT2D eigenvalue weighted by atomic mass is 19.4. The number of aryl methyl sites for hydroxylation is 1. The van der Waals surface area contributed by atoms with Crippen LogP contribution in [0.5, 0.6) is 0 Å². The summed E-state index contributed by atoms with van der Waals surface area (Å²) in [7, 11) is 1.30. The van der Waals surface area contributed by atoms with E-state index in [4.69, 9.17) is 5.53 Å². The molecule has 0 bridgehead atoms. The number of benzene rings is 1. The van der Waals surface area contributed by atoms with Gasteiger partial charge < -0.3 is 4.74 Å². The van der Waals surface area contributed by atoms with Crippen molar-refractivity contribution in [1.29, 1.82) is 0 Å². The predicted molar refractivity (Wildman–Crippen MR) is 88.1 cm³/mol. The van der Waals surface area contributed by atoms with E-state index < -0.39 is 31.0 Å². The number of hydrogen-bond acceptors (Lipinski definition) is 3. The average molecular weight is 393 g/mol. The van der Waals surface area contributed by atoms with Gasteiger partial charge in [-0.05, 0) is 42.3 Å². The van der Waals surface area contributed by atoms with Gasteiger partial charge in [0.1, 0.15) is 0 Å². The van der Waals surface area contributed by atoms with Crippen LogP contribution in [0.4, 0.5) is 22.0 Å². The summed E-state index contributed by atoms with van der Waals surface area (Å²) in [5, 5.41) is 3.50. The number of esters is 1. The molecule has 1 aromatic carbocycles. The molecule has 0 fully saturated rings. The van der Waals surface area contributed by atoms with E-state index in [2.05, 4.69) is 14.8 Å². The summed E-state index contributed by atoms with van der Waals surface area (Å²) in [5.74, 6) is -5.08. The summed E-state index contributed by atoms with van der Waals surface area (Å²) in [6.07, 6.45) is -6.06. The highest BCUT2D eigenvalue weighted by molar-refractivity contribution is 5.69. The van der Waals surface area contributed by atoms with Gasteiger partial charge in [0, 0.05) is 17.8 Å². The number of ether oxygens (including phenoxy) is 1. The Bertz CT molecular complexity index is 656. The van der Waals surface area contributed by atoms with Crippen LogP contribution < -0.4 is 0 Å². The van der Waals surface area contributed by atoms with E-state index in [9.17, 15) is 26.7 Å². The lowest BCUT2D eigenvalue weighted by Gasteiger charge is -2.20. The summed E-state index contributed by atoms with van der Waals surface area (Å²) in [5.41, 5.74) is 10.1. The van der Waals surface area contributed by atoms with E-state index in [0.717, 1.165) is 5.56 Å². The lowest BCUT2D eigenvalue weighted by atomic mass is 9.98. The number of azide groups is 1. The number of methoxy groups -OCH3 is 1. The van der Waals surface area contributed by atoms with Crippen LogP contribution >= 0.6 is 0 Å². The van der Waals surface area contributed by atoms with Crippen LogP contribution in [0.2, 0.25) is 0 Å². The molecule has 1 rings (SSSR count). The van der Waals surface area contributed by atoms with Crippen LogP contribution in [0.25, 0.3) is 10.4 Å². The van der Waals surface area contributed by atoms with Crippen molar-refractivity contribution in [2.75, 3.05) is 7.11 Å². The number of nitrogens with zero attached hydrogens (tertiary/aromatic N) is 3. The van der Waals surface area contributed by atoms with E-state index in [1.807, 2.05) is 0 Å². The molecule has 1 unspecified atom stereocenters. The van der Waals surface area contributed by atoms with Gasteiger partial charge in [-0.25, -0.2) is 0 Å². The molecule has 0 saturated heterocycles. The van der Waals surface area contributed by atoms with Gasteiger partial charge in [0.25, 0.3) is 0 Å². The molecule has 0 aliphatic carbocycles. The van der Waals surface area contributed by atoms with Crippen molar-refractivity contribution in [3.05, 3.63) is 45.8 Å². The molecule has 1 aromatic rings. The van der Waals surface area contributed by atoms with Crippen LogP contribution in [-0.4, -0.2) is 25.2 Å². The molecule has 150 valence electrons. The number of carbonyl (C=O) groups is 1. The lowest BCUT2D eigenvalue weighted by molar-refractivity contribution is -0.284. The SMILES string of the molecule is COC(=O)CCCc1ccc(C(CCCC(F)(F)C(F)(F)F)N=[N+]=[N-])cc1. The molecule has 0 N–H and O–H groups in total. The zero-order valence-corrected chi connectivity index (χ0v) is 14.7. The highest BCUT2D eigenvalue weighted by Crippen LogP contribution is 2.40. The van der Waals surface area contributed by atoms with Crippen molar-refractivity contribution < 1.29 is 31.5 Å². The molecule has 0 spiro atoms. The monoisotopic (exact) mass is 393 g/mol. The molecule has 0 aliphatic heterocycles. The van der Waals surface area contributed by atoms with Crippen LogP contribution in [-0.2, 0) is 16.0 Å². The van der Waals surface area contributed by atoms with Crippen LogP contribution in [0, 0.1) is 0 Å². The molecular weight excluding hydrogens is 373 g/mol. The Morgan fingerprint density at radius 3 is 2.33 bits per heavy atom. The van der Waals surface area contributed by atoms with Crippen LogP contribution in [0.15, 0.2) is 29.4 Å². The van der Waals surface area contributed by atoms with E-state index in [0.29, 0.717) is 18.4 Å². The summed E-state index contributed by atoms with van der Waals surface area (Å²) in [6.45, 7) is 0. The zero-order valence-electron chi connectivity index (χ0n) is 14.7. The second-order valence-electron chi connectivity index (χ2n) is 5.99. The number of hydrogen-bond donors (Lipinski definition) is 0. The van der Waals surface area contributed by atoms with Crippen molar-refractivity contribution in [2.24, 2.45) is 5.11 Å². The zero-order chi connectivity index (χ0) is 20.5. The molecule has 0 saturated carbocycles. The molecular formula is C17H20F5N3O2. The third kappa shape index (κ3) is 7.42. The van der Waals surface area contributed by atoms with Gasteiger partial charge in [-0.2, -0.15) is 22.0 Å². The Labute approximate surface area is 153 Å². The number of rotatable bonds is 10.